The highest BCUT2D eigenvalue weighted by Crippen LogP contribution is 2.09. The molecule has 0 fully saturated rings. The van der Waals surface area contributed by atoms with E-state index in [2.05, 4.69) is 6.92 Å². The van der Waals surface area contributed by atoms with Crippen LogP contribution in [-0.4, -0.2) is 26.3 Å². The van der Waals surface area contributed by atoms with Crippen LogP contribution >= 0.6 is 0 Å². The maximum absolute atomic E-state index is 11.2. The van der Waals surface area contributed by atoms with E-state index in [9.17, 15) is 4.79 Å². The molecule has 0 N–H and O–H groups in total. The van der Waals surface area contributed by atoms with E-state index < -0.39 is 0 Å². The molecule has 0 aromatic rings. The predicted octanol–water partition coefficient (Wildman–Crippen LogP) is 3.71. The topological polar surface area (TPSA) is 35.5 Å². The van der Waals surface area contributed by atoms with E-state index >= 15 is 0 Å². The monoisotopic (exact) mass is 244 g/mol. The zero-order valence-corrected chi connectivity index (χ0v) is 11.5. The number of unbranched alkanes of at least 4 members (excludes halogenated alkanes) is 7. The first-order chi connectivity index (χ1) is 8.31. The van der Waals surface area contributed by atoms with Gasteiger partial charge in [0.2, 0.25) is 0 Å². The molecule has 17 heavy (non-hydrogen) atoms. The summed E-state index contributed by atoms with van der Waals surface area (Å²) in [5.74, 6) is -0.0898. The summed E-state index contributed by atoms with van der Waals surface area (Å²) in [6.07, 6.45) is 10.6. The number of carbonyl (C=O) groups excluding carboxylic acids is 1. The number of rotatable bonds is 12. The second-order valence-corrected chi connectivity index (χ2v) is 4.44. The molecule has 0 heterocycles. The third-order valence-electron chi connectivity index (χ3n) is 2.78. The first kappa shape index (κ1) is 16.4. The summed E-state index contributed by atoms with van der Waals surface area (Å²) in [7, 11) is 1.60. The summed E-state index contributed by atoms with van der Waals surface area (Å²) >= 11 is 0. The summed E-state index contributed by atoms with van der Waals surface area (Å²) in [6.45, 7) is 3.10. The first-order valence-electron chi connectivity index (χ1n) is 6.95. The minimum Gasteiger partial charge on any atom is -0.463 e. The fraction of sp³-hybridized carbons (Fsp3) is 0.929. The van der Waals surface area contributed by atoms with Crippen LogP contribution in [0, 0.1) is 0 Å². The Bertz CT molecular complexity index is 169. The lowest BCUT2D eigenvalue weighted by atomic mass is 10.1. The van der Waals surface area contributed by atoms with Gasteiger partial charge in [-0.05, 0) is 6.42 Å². The first-order valence-corrected chi connectivity index (χ1v) is 6.95. The second-order valence-electron chi connectivity index (χ2n) is 4.44. The average molecular weight is 244 g/mol. The Morgan fingerprint density at radius 2 is 1.47 bits per heavy atom. The van der Waals surface area contributed by atoms with Crippen molar-refractivity contribution in [3.63, 3.8) is 0 Å². The fourth-order valence-corrected chi connectivity index (χ4v) is 1.71. The third-order valence-corrected chi connectivity index (χ3v) is 2.78. The summed E-state index contributed by atoms with van der Waals surface area (Å²) < 4.78 is 9.78. The number of hydrogen-bond donors (Lipinski definition) is 0. The van der Waals surface area contributed by atoms with Crippen LogP contribution < -0.4 is 0 Å². The van der Waals surface area contributed by atoms with Crippen molar-refractivity contribution >= 4 is 5.97 Å². The van der Waals surface area contributed by atoms with Gasteiger partial charge in [0.1, 0.15) is 6.61 Å². The van der Waals surface area contributed by atoms with Crippen LogP contribution in [0.25, 0.3) is 0 Å². The highest BCUT2D eigenvalue weighted by atomic mass is 16.6. The largest absolute Gasteiger partial charge is 0.463 e. The van der Waals surface area contributed by atoms with E-state index in [0.29, 0.717) is 19.6 Å². The molecule has 0 aromatic heterocycles. The van der Waals surface area contributed by atoms with E-state index in [1.165, 1.54) is 38.5 Å². The Morgan fingerprint density at radius 3 is 2.06 bits per heavy atom. The smallest absolute Gasteiger partial charge is 0.305 e. The number of methoxy groups -OCH3 is 1. The maximum Gasteiger partial charge on any atom is 0.305 e. The van der Waals surface area contributed by atoms with Crippen molar-refractivity contribution in [3.8, 4) is 0 Å². The van der Waals surface area contributed by atoms with Gasteiger partial charge in [-0.2, -0.15) is 0 Å². The summed E-state index contributed by atoms with van der Waals surface area (Å²) in [6, 6.07) is 0. The van der Waals surface area contributed by atoms with E-state index in [1.54, 1.807) is 7.11 Å². The van der Waals surface area contributed by atoms with Gasteiger partial charge in [-0.3, -0.25) is 4.79 Å². The Balaban J connectivity index is 3.08. The van der Waals surface area contributed by atoms with Gasteiger partial charge in [0.05, 0.1) is 6.61 Å². The Hall–Kier alpha value is -0.570. The molecule has 0 aromatic carbocycles. The zero-order chi connectivity index (χ0) is 12.8. The third kappa shape index (κ3) is 13.4. The highest BCUT2D eigenvalue weighted by molar-refractivity contribution is 5.69. The number of carbonyl (C=O) groups is 1. The number of esters is 1. The molecular weight excluding hydrogens is 216 g/mol. The minimum atomic E-state index is -0.0898. The van der Waals surface area contributed by atoms with Gasteiger partial charge < -0.3 is 9.47 Å². The van der Waals surface area contributed by atoms with Crippen LogP contribution in [0.5, 0.6) is 0 Å². The van der Waals surface area contributed by atoms with Gasteiger partial charge in [0.25, 0.3) is 0 Å². The molecule has 0 amide bonds. The molecule has 0 saturated heterocycles. The van der Waals surface area contributed by atoms with Crippen molar-refractivity contribution in [3.05, 3.63) is 0 Å². The molecule has 0 aliphatic carbocycles. The molecule has 0 rings (SSSR count). The van der Waals surface area contributed by atoms with Crippen LogP contribution in [0.3, 0.4) is 0 Å². The van der Waals surface area contributed by atoms with E-state index in [0.717, 1.165) is 12.8 Å². The number of ether oxygens (including phenoxy) is 2. The van der Waals surface area contributed by atoms with Gasteiger partial charge in [-0.15, -0.1) is 0 Å². The van der Waals surface area contributed by atoms with Gasteiger partial charge >= 0.3 is 5.97 Å². The standard InChI is InChI=1S/C14H28O3/c1-3-4-5-6-7-8-9-10-11-14(15)17-13-12-16-2/h3-13H2,1-2H3. The second kappa shape index (κ2) is 13.5. The van der Waals surface area contributed by atoms with Gasteiger partial charge in [-0.1, -0.05) is 51.9 Å². The normalized spacial score (nSPS) is 10.5. The van der Waals surface area contributed by atoms with Crippen LogP contribution in [0.15, 0.2) is 0 Å². The van der Waals surface area contributed by atoms with Crippen molar-refractivity contribution in [1.29, 1.82) is 0 Å². The Kier molecular flexibility index (Phi) is 13.0. The van der Waals surface area contributed by atoms with E-state index in [1.807, 2.05) is 0 Å². The molecule has 0 unspecified atom stereocenters. The Morgan fingerprint density at radius 1 is 0.882 bits per heavy atom. The lowest BCUT2D eigenvalue weighted by Gasteiger charge is -2.04. The molecule has 102 valence electrons. The predicted molar refractivity (Wildman–Crippen MR) is 70.1 cm³/mol. The average Bonchev–Trinajstić information content (AvgIpc) is 2.33. The quantitative estimate of drug-likeness (QED) is 0.388. The maximum atomic E-state index is 11.2. The highest BCUT2D eigenvalue weighted by Gasteiger charge is 2.01. The van der Waals surface area contributed by atoms with Crippen LogP contribution in [0.1, 0.15) is 64.7 Å². The zero-order valence-electron chi connectivity index (χ0n) is 11.5. The van der Waals surface area contributed by atoms with E-state index in [4.69, 9.17) is 9.47 Å². The molecule has 0 bridgehead atoms. The van der Waals surface area contributed by atoms with Crippen molar-refractivity contribution in [2.75, 3.05) is 20.3 Å². The SMILES string of the molecule is CCCCCCCCCCC(=O)OCCOC. The van der Waals surface area contributed by atoms with Gasteiger partial charge in [-0.25, -0.2) is 0 Å². The van der Waals surface area contributed by atoms with Crippen LogP contribution in [-0.2, 0) is 14.3 Å². The van der Waals surface area contributed by atoms with Crippen molar-refractivity contribution in [2.24, 2.45) is 0 Å². The molecule has 0 aliphatic heterocycles. The van der Waals surface area contributed by atoms with Crippen molar-refractivity contribution in [2.45, 2.75) is 64.7 Å². The molecule has 0 aliphatic rings. The Labute approximate surface area is 106 Å². The minimum absolute atomic E-state index is 0.0898. The van der Waals surface area contributed by atoms with E-state index in [-0.39, 0.29) is 5.97 Å². The summed E-state index contributed by atoms with van der Waals surface area (Å²) in [5.41, 5.74) is 0. The molecule has 0 radical (unpaired) electrons. The van der Waals surface area contributed by atoms with Crippen molar-refractivity contribution in [1.82, 2.24) is 0 Å². The van der Waals surface area contributed by atoms with Crippen molar-refractivity contribution < 1.29 is 14.3 Å². The number of hydrogen-bond acceptors (Lipinski definition) is 3. The lowest BCUT2D eigenvalue weighted by Crippen LogP contribution is -2.09. The summed E-state index contributed by atoms with van der Waals surface area (Å²) in [5, 5.41) is 0. The molecule has 3 heteroatoms. The lowest BCUT2D eigenvalue weighted by molar-refractivity contribution is -0.145. The molecular formula is C14H28O3. The molecule has 0 spiro atoms. The fourth-order valence-electron chi connectivity index (χ4n) is 1.71. The van der Waals surface area contributed by atoms with Crippen LogP contribution in [0.2, 0.25) is 0 Å². The molecule has 0 saturated carbocycles. The van der Waals surface area contributed by atoms with Crippen LogP contribution in [0.4, 0.5) is 0 Å². The van der Waals surface area contributed by atoms with Gasteiger partial charge in [0, 0.05) is 13.5 Å². The molecule has 0 atom stereocenters. The van der Waals surface area contributed by atoms with Gasteiger partial charge in [0.15, 0.2) is 0 Å². The summed E-state index contributed by atoms with van der Waals surface area (Å²) in [4.78, 5) is 11.2. The molecule has 3 nitrogen and oxygen atoms in total.